The van der Waals surface area contributed by atoms with Crippen molar-refractivity contribution in [2.45, 2.75) is 64.7 Å². The van der Waals surface area contributed by atoms with Gasteiger partial charge < -0.3 is 15.5 Å². The van der Waals surface area contributed by atoms with E-state index in [0.717, 1.165) is 32.0 Å². The average Bonchev–Trinajstić information content (AvgIpc) is 2.59. The fourth-order valence-corrected chi connectivity index (χ4v) is 3.99. The third-order valence-corrected chi connectivity index (χ3v) is 5.62. The lowest BCUT2D eigenvalue weighted by Gasteiger charge is -2.27. The van der Waals surface area contributed by atoms with E-state index in [-0.39, 0.29) is 30.7 Å². The largest absolute Gasteiger partial charge is 0.356 e. The maximum absolute atomic E-state index is 12.0. The van der Waals surface area contributed by atoms with Crippen LogP contribution >= 0.6 is 24.8 Å². The van der Waals surface area contributed by atoms with E-state index in [4.69, 9.17) is 0 Å². The number of carbonyl (C=O) groups excluding carboxylic acids is 1. The molecule has 0 spiro atoms. The molecule has 0 aliphatic carbocycles. The number of halogens is 2. The summed E-state index contributed by atoms with van der Waals surface area (Å²) < 4.78 is 0. The summed E-state index contributed by atoms with van der Waals surface area (Å²) in [5.74, 6) is 1.51. The van der Waals surface area contributed by atoms with E-state index >= 15 is 0 Å². The highest BCUT2D eigenvalue weighted by molar-refractivity contribution is 5.85. The first-order valence-corrected chi connectivity index (χ1v) is 9.95. The van der Waals surface area contributed by atoms with E-state index in [1.54, 1.807) is 0 Å². The molecule has 1 unspecified atom stereocenters. The zero-order chi connectivity index (χ0) is 16.3. The highest BCUT2D eigenvalue weighted by atomic mass is 35.5. The minimum absolute atomic E-state index is 0. The van der Waals surface area contributed by atoms with Crippen LogP contribution in [0.5, 0.6) is 0 Å². The van der Waals surface area contributed by atoms with Crippen molar-refractivity contribution in [2.24, 2.45) is 11.8 Å². The van der Waals surface area contributed by atoms with Crippen molar-refractivity contribution in [1.82, 2.24) is 15.5 Å². The lowest BCUT2D eigenvalue weighted by atomic mass is 9.84. The Morgan fingerprint density at radius 1 is 1.08 bits per heavy atom. The molecule has 4 nitrogen and oxygen atoms in total. The summed E-state index contributed by atoms with van der Waals surface area (Å²) in [6.07, 6.45) is 11.0. The minimum atomic E-state index is 0. The molecule has 150 valence electrons. The molecular formula is C19H39Cl2N3O. The molecule has 2 N–H and O–H groups in total. The van der Waals surface area contributed by atoms with Gasteiger partial charge in [0, 0.05) is 13.0 Å². The molecule has 0 aromatic carbocycles. The van der Waals surface area contributed by atoms with Gasteiger partial charge in [-0.3, -0.25) is 4.79 Å². The molecule has 2 saturated heterocycles. The van der Waals surface area contributed by atoms with Crippen molar-refractivity contribution in [2.75, 3.05) is 39.3 Å². The number of hydrogen-bond donors (Lipinski definition) is 2. The molecule has 0 saturated carbocycles. The molecule has 2 heterocycles. The smallest absolute Gasteiger partial charge is 0.220 e. The maximum atomic E-state index is 12.0. The van der Waals surface area contributed by atoms with E-state index in [9.17, 15) is 4.79 Å². The van der Waals surface area contributed by atoms with Crippen LogP contribution in [0.2, 0.25) is 0 Å². The Labute approximate surface area is 167 Å². The van der Waals surface area contributed by atoms with Gasteiger partial charge in [0.2, 0.25) is 5.91 Å². The predicted octanol–water partition coefficient (Wildman–Crippen LogP) is 3.63. The molecule has 2 aliphatic rings. The van der Waals surface area contributed by atoms with Crippen LogP contribution in [0.15, 0.2) is 0 Å². The van der Waals surface area contributed by atoms with Crippen LogP contribution in [-0.4, -0.2) is 50.1 Å². The second-order valence-corrected chi connectivity index (χ2v) is 7.58. The van der Waals surface area contributed by atoms with Crippen molar-refractivity contribution in [3.8, 4) is 0 Å². The Kier molecular flexibility index (Phi) is 15.1. The Hall–Kier alpha value is -0.0300. The van der Waals surface area contributed by atoms with Gasteiger partial charge in [-0.2, -0.15) is 0 Å². The van der Waals surface area contributed by atoms with Crippen molar-refractivity contribution in [3.05, 3.63) is 0 Å². The molecule has 25 heavy (non-hydrogen) atoms. The first-order valence-electron chi connectivity index (χ1n) is 9.95. The number of nitrogens with zero attached hydrogens (tertiary/aromatic N) is 1. The molecule has 0 radical (unpaired) electrons. The lowest BCUT2D eigenvalue weighted by Crippen LogP contribution is -2.33. The molecule has 2 fully saturated rings. The second-order valence-electron chi connectivity index (χ2n) is 7.58. The van der Waals surface area contributed by atoms with Crippen LogP contribution in [0.25, 0.3) is 0 Å². The summed E-state index contributed by atoms with van der Waals surface area (Å²) >= 11 is 0. The van der Waals surface area contributed by atoms with Gasteiger partial charge in [0.25, 0.3) is 0 Å². The molecule has 2 rings (SSSR count). The van der Waals surface area contributed by atoms with Gasteiger partial charge in [-0.05, 0) is 83.1 Å². The molecule has 2 aliphatic heterocycles. The van der Waals surface area contributed by atoms with Crippen molar-refractivity contribution in [3.63, 3.8) is 0 Å². The standard InChI is InChI=1S/C19H37N3O.2ClH/c1-17(18-8-11-20-12-9-18)16-19(23)21-10-4-2-5-13-22-14-6-3-7-15-22;;/h17-18,20H,2-16H2,1H3,(H,21,23);2*1H. The van der Waals surface area contributed by atoms with Gasteiger partial charge in [0.15, 0.2) is 0 Å². The molecule has 0 bridgehead atoms. The van der Waals surface area contributed by atoms with E-state index in [1.165, 1.54) is 64.6 Å². The highest BCUT2D eigenvalue weighted by Crippen LogP contribution is 2.24. The molecule has 1 amide bonds. The Balaban J connectivity index is 0.00000288. The molecule has 6 heteroatoms. The van der Waals surface area contributed by atoms with Crippen LogP contribution in [0.4, 0.5) is 0 Å². The number of piperidine rings is 2. The van der Waals surface area contributed by atoms with Crippen molar-refractivity contribution in [1.29, 1.82) is 0 Å². The van der Waals surface area contributed by atoms with E-state index in [1.807, 2.05) is 0 Å². The Morgan fingerprint density at radius 2 is 1.76 bits per heavy atom. The summed E-state index contributed by atoms with van der Waals surface area (Å²) in [5.41, 5.74) is 0. The predicted molar refractivity (Wildman–Crippen MR) is 111 cm³/mol. The van der Waals surface area contributed by atoms with Crippen LogP contribution in [0, 0.1) is 11.8 Å². The van der Waals surface area contributed by atoms with Crippen molar-refractivity contribution < 1.29 is 4.79 Å². The Bertz CT molecular complexity index is 333. The van der Waals surface area contributed by atoms with Crippen LogP contribution in [0.1, 0.15) is 64.7 Å². The fourth-order valence-electron chi connectivity index (χ4n) is 3.99. The summed E-state index contributed by atoms with van der Waals surface area (Å²) in [6, 6.07) is 0. The normalized spacial score (nSPS) is 20.2. The second kappa shape index (κ2) is 15.1. The van der Waals surface area contributed by atoms with E-state index < -0.39 is 0 Å². The van der Waals surface area contributed by atoms with Crippen LogP contribution in [0.3, 0.4) is 0 Å². The van der Waals surface area contributed by atoms with Gasteiger partial charge >= 0.3 is 0 Å². The summed E-state index contributed by atoms with van der Waals surface area (Å²) in [6.45, 7) is 9.19. The first kappa shape index (κ1) is 25.0. The SMILES string of the molecule is CC(CC(=O)NCCCCCN1CCCCC1)C1CCNCC1.Cl.Cl. The van der Waals surface area contributed by atoms with E-state index in [0.29, 0.717) is 12.3 Å². The van der Waals surface area contributed by atoms with E-state index in [2.05, 4.69) is 22.5 Å². The quantitative estimate of drug-likeness (QED) is 0.585. The molecule has 0 aromatic heterocycles. The van der Waals surface area contributed by atoms with Crippen LogP contribution < -0.4 is 10.6 Å². The third kappa shape index (κ3) is 10.6. The molecular weight excluding hydrogens is 357 g/mol. The van der Waals surface area contributed by atoms with Gasteiger partial charge in [0.05, 0.1) is 0 Å². The average molecular weight is 396 g/mol. The van der Waals surface area contributed by atoms with Crippen molar-refractivity contribution >= 4 is 30.7 Å². The zero-order valence-corrected chi connectivity index (χ0v) is 17.6. The summed E-state index contributed by atoms with van der Waals surface area (Å²) in [7, 11) is 0. The van der Waals surface area contributed by atoms with Crippen LogP contribution in [-0.2, 0) is 4.79 Å². The first-order chi connectivity index (χ1) is 11.3. The number of likely N-dealkylation sites (tertiary alicyclic amines) is 1. The summed E-state index contributed by atoms with van der Waals surface area (Å²) in [5, 5.41) is 6.52. The molecule has 0 aromatic rings. The number of rotatable bonds is 9. The van der Waals surface area contributed by atoms with Gasteiger partial charge in [-0.15, -0.1) is 24.8 Å². The zero-order valence-electron chi connectivity index (χ0n) is 15.9. The molecule has 1 atom stereocenters. The third-order valence-electron chi connectivity index (χ3n) is 5.62. The Morgan fingerprint density at radius 3 is 2.44 bits per heavy atom. The monoisotopic (exact) mass is 395 g/mol. The van der Waals surface area contributed by atoms with Gasteiger partial charge in [-0.1, -0.05) is 19.8 Å². The summed E-state index contributed by atoms with van der Waals surface area (Å²) in [4.78, 5) is 14.6. The lowest BCUT2D eigenvalue weighted by molar-refractivity contribution is -0.122. The number of carbonyl (C=O) groups is 1. The number of hydrogen-bond acceptors (Lipinski definition) is 3. The van der Waals surface area contributed by atoms with Gasteiger partial charge in [-0.25, -0.2) is 0 Å². The maximum Gasteiger partial charge on any atom is 0.220 e. The minimum Gasteiger partial charge on any atom is -0.356 e. The number of amides is 1. The number of unbranched alkanes of at least 4 members (excludes halogenated alkanes) is 2. The topological polar surface area (TPSA) is 44.4 Å². The van der Waals surface area contributed by atoms with Gasteiger partial charge in [0.1, 0.15) is 0 Å². The number of nitrogens with one attached hydrogen (secondary N) is 2. The highest BCUT2D eigenvalue weighted by Gasteiger charge is 2.21. The fraction of sp³-hybridized carbons (Fsp3) is 0.947.